The van der Waals surface area contributed by atoms with Gasteiger partial charge in [0.05, 0.1) is 5.69 Å². The molecular weight excluding hydrogens is 306 g/mol. The number of carbonyl (C=O) groups excluding carboxylic acids is 2. The lowest BCUT2D eigenvalue weighted by atomic mass is 10.0. The fourth-order valence-corrected chi connectivity index (χ4v) is 2.85. The van der Waals surface area contributed by atoms with Crippen LogP contribution in [0.3, 0.4) is 0 Å². The summed E-state index contributed by atoms with van der Waals surface area (Å²) in [7, 11) is 0. The highest BCUT2D eigenvalue weighted by molar-refractivity contribution is 5.87. The molecule has 0 bridgehead atoms. The average molecular weight is 333 g/mol. The molecule has 132 valence electrons. The van der Waals surface area contributed by atoms with Crippen molar-refractivity contribution >= 4 is 17.6 Å². The first kappa shape index (κ1) is 18.2. The highest BCUT2D eigenvalue weighted by Crippen LogP contribution is 2.18. The average Bonchev–Trinajstić information content (AvgIpc) is 2.60. The highest BCUT2D eigenvalue weighted by Gasteiger charge is 2.31. The number of carbonyl (C=O) groups is 2. The van der Waals surface area contributed by atoms with Gasteiger partial charge in [0, 0.05) is 26.1 Å². The lowest BCUT2D eigenvalue weighted by Gasteiger charge is -2.34. The zero-order valence-electron chi connectivity index (χ0n) is 14.5. The molecule has 0 radical (unpaired) electrons. The number of likely N-dealkylation sites (tertiary alicyclic amines) is 1. The Labute approximate surface area is 143 Å². The Bertz CT molecular complexity index is 546. The Morgan fingerprint density at radius 1 is 1.25 bits per heavy atom. The number of anilines is 1. The fourth-order valence-electron chi connectivity index (χ4n) is 2.85. The van der Waals surface area contributed by atoms with Gasteiger partial charge in [0.15, 0.2) is 0 Å². The fraction of sp³-hybridized carbons (Fsp3) is 0.647. The standard InChI is InChI=1S/C17H27N5O2/c1-3-6-16(23)22-12-5-4-7-14(22)17(24)19-11-10-18-15-9-8-13(2)20-21-15/h8-9,14H,3-7,10-12H2,1-2H3,(H,18,21)(H,19,24)/t14-/m0/s1. The quantitative estimate of drug-likeness (QED) is 0.738. The number of nitrogens with one attached hydrogen (secondary N) is 2. The third-order valence-electron chi connectivity index (χ3n) is 4.12. The molecule has 24 heavy (non-hydrogen) atoms. The molecule has 0 aliphatic carbocycles. The lowest BCUT2D eigenvalue weighted by Crippen LogP contribution is -2.52. The Morgan fingerprint density at radius 2 is 2.08 bits per heavy atom. The number of aryl methyl sites for hydroxylation is 1. The summed E-state index contributed by atoms with van der Waals surface area (Å²) < 4.78 is 0. The highest BCUT2D eigenvalue weighted by atomic mass is 16.2. The van der Waals surface area contributed by atoms with Crippen LogP contribution in [0.15, 0.2) is 12.1 Å². The third-order valence-corrected chi connectivity index (χ3v) is 4.12. The van der Waals surface area contributed by atoms with Crippen LogP contribution in [0.2, 0.25) is 0 Å². The maximum Gasteiger partial charge on any atom is 0.242 e. The summed E-state index contributed by atoms with van der Waals surface area (Å²) in [5.74, 6) is 0.716. The van der Waals surface area contributed by atoms with E-state index in [1.54, 1.807) is 4.90 Å². The first-order chi connectivity index (χ1) is 11.6. The summed E-state index contributed by atoms with van der Waals surface area (Å²) in [4.78, 5) is 26.3. The molecule has 0 saturated carbocycles. The number of rotatable bonds is 7. The van der Waals surface area contributed by atoms with Gasteiger partial charge >= 0.3 is 0 Å². The molecule has 0 aromatic carbocycles. The van der Waals surface area contributed by atoms with Gasteiger partial charge in [-0.1, -0.05) is 6.92 Å². The summed E-state index contributed by atoms with van der Waals surface area (Å²) in [6, 6.07) is 3.42. The van der Waals surface area contributed by atoms with E-state index in [4.69, 9.17) is 0 Å². The topological polar surface area (TPSA) is 87.2 Å². The molecule has 1 aromatic heterocycles. The molecule has 1 aliphatic rings. The normalized spacial score (nSPS) is 17.4. The van der Waals surface area contributed by atoms with Crippen molar-refractivity contribution in [1.29, 1.82) is 0 Å². The second-order valence-electron chi connectivity index (χ2n) is 6.13. The second-order valence-corrected chi connectivity index (χ2v) is 6.13. The molecule has 7 nitrogen and oxygen atoms in total. The molecule has 2 heterocycles. The van der Waals surface area contributed by atoms with E-state index >= 15 is 0 Å². The van der Waals surface area contributed by atoms with Crippen molar-refractivity contribution in [3.05, 3.63) is 17.8 Å². The maximum absolute atomic E-state index is 12.4. The minimum Gasteiger partial charge on any atom is -0.367 e. The summed E-state index contributed by atoms with van der Waals surface area (Å²) in [6.07, 6.45) is 4.04. The van der Waals surface area contributed by atoms with Gasteiger partial charge in [-0.2, -0.15) is 5.10 Å². The zero-order chi connectivity index (χ0) is 17.4. The van der Waals surface area contributed by atoms with E-state index in [2.05, 4.69) is 20.8 Å². The number of nitrogens with zero attached hydrogens (tertiary/aromatic N) is 3. The van der Waals surface area contributed by atoms with E-state index in [0.29, 0.717) is 31.9 Å². The van der Waals surface area contributed by atoms with Crippen molar-refractivity contribution < 1.29 is 9.59 Å². The molecule has 1 atom stereocenters. The van der Waals surface area contributed by atoms with Gasteiger partial charge in [0.2, 0.25) is 11.8 Å². The maximum atomic E-state index is 12.4. The monoisotopic (exact) mass is 333 g/mol. The van der Waals surface area contributed by atoms with Crippen LogP contribution in [-0.4, -0.2) is 52.6 Å². The summed E-state index contributed by atoms with van der Waals surface area (Å²) in [5, 5.41) is 14.0. The van der Waals surface area contributed by atoms with Gasteiger partial charge in [-0.25, -0.2) is 0 Å². The molecule has 1 saturated heterocycles. The predicted octanol–water partition coefficient (Wildman–Crippen LogP) is 1.49. The van der Waals surface area contributed by atoms with E-state index in [-0.39, 0.29) is 17.9 Å². The van der Waals surface area contributed by atoms with Gasteiger partial charge in [-0.3, -0.25) is 9.59 Å². The van der Waals surface area contributed by atoms with Crippen LogP contribution in [0.5, 0.6) is 0 Å². The van der Waals surface area contributed by atoms with Crippen molar-refractivity contribution in [2.75, 3.05) is 25.0 Å². The van der Waals surface area contributed by atoms with Crippen LogP contribution in [-0.2, 0) is 9.59 Å². The van der Waals surface area contributed by atoms with E-state index in [1.165, 1.54) is 0 Å². The molecule has 7 heteroatoms. The smallest absolute Gasteiger partial charge is 0.242 e. The van der Waals surface area contributed by atoms with Crippen molar-refractivity contribution in [3.8, 4) is 0 Å². The minimum absolute atomic E-state index is 0.0593. The minimum atomic E-state index is -0.322. The number of hydrogen-bond donors (Lipinski definition) is 2. The Kier molecular flexibility index (Phi) is 6.96. The summed E-state index contributed by atoms with van der Waals surface area (Å²) >= 11 is 0. The molecule has 0 unspecified atom stereocenters. The van der Waals surface area contributed by atoms with E-state index in [9.17, 15) is 9.59 Å². The van der Waals surface area contributed by atoms with Gasteiger partial charge in [-0.15, -0.1) is 5.10 Å². The summed E-state index contributed by atoms with van der Waals surface area (Å²) in [5.41, 5.74) is 0.864. The number of piperidine rings is 1. The zero-order valence-corrected chi connectivity index (χ0v) is 14.5. The van der Waals surface area contributed by atoms with Gasteiger partial charge in [0.25, 0.3) is 0 Å². The van der Waals surface area contributed by atoms with Gasteiger partial charge in [0.1, 0.15) is 11.9 Å². The molecule has 2 N–H and O–H groups in total. The third kappa shape index (κ3) is 5.18. The van der Waals surface area contributed by atoms with Crippen LogP contribution < -0.4 is 10.6 Å². The van der Waals surface area contributed by atoms with Crippen molar-refractivity contribution in [3.63, 3.8) is 0 Å². The van der Waals surface area contributed by atoms with E-state index < -0.39 is 0 Å². The van der Waals surface area contributed by atoms with E-state index in [1.807, 2.05) is 26.0 Å². The van der Waals surface area contributed by atoms with Crippen molar-refractivity contribution in [1.82, 2.24) is 20.4 Å². The van der Waals surface area contributed by atoms with E-state index in [0.717, 1.165) is 31.4 Å². The Hall–Kier alpha value is -2.18. The molecule has 1 aliphatic heterocycles. The van der Waals surface area contributed by atoms with Crippen molar-refractivity contribution in [2.45, 2.75) is 52.0 Å². The predicted molar refractivity (Wildman–Crippen MR) is 92.5 cm³/mol. The number of hydrogen-bond acceptors (Lipinski definition) is 5. The van der Waals surface area contributed by atoms with Gasteiger partial charge < -0.3 is 15.5 Å². The number of amides is 2. The molecule has 1 aromatic rings. The van der Waals surface area contributed by atoms with Crippen LogP contribution in [0.1, 0.15) is 44.7 Å². The molecule has 1 fully saturated rings. The van der Waals surface area contributed by atoms with Crippen LogP contribution in [0, 0.1) is 6.92 Å². The largest absolute Gasteiger partial charge is 0.367 e. The first-order valence-corrected chi connectivity index (χ1v) is 8.73. The van der Waals surface area contributed by atoms with Crippen LogP contribution in [0.25, 0.3) is 0 Å². The Morgan fingerprint density at radius 3 is 2.79 bits per heavy atom. The second kappa shape index (κ2) is 9.20. The molecular formula is C17H27N5O2. The lowest BCUT2D eigenvalue weighted by molar-refractivity contribution is -0.142. The SMILES string of the molecule is CCCC(=O)N1CCCC[C@H]1C(=O)NCCNc1ccc(C)nn1. The molecule has 2 rings (SSSR count). The Balaban J connectivity index is 1.77. The first-order valence-electron chi connectivity index (χ1n) is 8.73. The summed E-state index contributed by atoms with van der Waals surface area (Å²) in [6.45, 7) is 5.61. The van der Waals surface area contributed by atoms with Gasteiger partial charge in [-0.05, 0) is 44.7 Å². The molecule has 2 amide bonds. The van der Waals surface area contributed by atoms with Crippen LogP contribution in [0.4, 0.5) is 5.82 Å². The molecule has 0 spiro atoms. The van der Waals surface area contributed by atoms with Crippen LogP contribution >= 0.6 is 0 Å². The number of aromatic nitrogens is 2. The van der Waals surface area contributed by atoms with Crippen molar-refractivity contribution in [2.24, 2.45) is 0 Å².